The topological polar surface area (TPSA) is 44.3 Å². The third-order valence-corrected chi connectivity index (χ3v) is 5.82. The van der Waals surface area contributed by atoms with E-state index in [0.29, 0.717) is 0 Å². The van der Waals surface area contributed by atoms with Gasteiger partial charge in [0.25, 0.3) is 0 Å². The van der Waals surface area contributed by atoms with Crippen LogP contribution in [0, 0.1) is 0 Å². The minimum absolute atomic E-state index is 0.810. The van der Waals surface area contributed by atoms with Crippen LogP contribution in [0.1, 0.15) is 45.4 Å². The molecule has 2 heterocycles. The number of benzene rings is 1. The van der Waals surface area contributed by atoms with Gasteiger partial charge in [-0.1, -0.05) is 38.3 Å². The highest BCUT2D eigenvalue weighted by Crippen LogP contribution is 2.26. The second kappa shape index (κ2) is 8.21. The third kappa shape index (κ3) is 3.78. The van der Waals surface area contributed by atoms with Crippen LogP contribution in [0.5, 0.6) is 0 Å². The fourth-order valence-corrected chi connectivity index (χ4v) is 4.32. The number of piperazine rings is 1. The van der Waals surface area contributed by atoms with Crippen LogP contribution in [-0.2, 0) is 0 Å². The Balaban J connectivity index is 1.50. The van der Waals surface area contributed by atoms with Gasteiger partial charge in [0.15, 0.2) is 0 Å². The lowest BCUT2D eigenvalue weighted by Gasteiger charge is -2.40. The fourth-order valence-electron chi connectivity index (χ4n) is 4.32. The summed E-state index contributed by atoms with van der Waals surface area (Å²) in [6.07, 6.45) is 8.11. The number of hydrogen-bond acceptors (Lipinski definition) is 5. The SMILES string of the molecule is CCCNc1nc(N2CCN(C3CCCCC3)CC2)nc2ccccc12. The van der Waals surface area contributed by atoms with Crippen LogP contribution in [0.15, 0.2) is 24.3 Å². The summed E-state index contributed by atoms with van der Waals surface area (Å²) in [7, 11) is 0. The maximum atomic E-state index is 4.88. The number of nitrogens with one attached hydrogen (secondary N) is 1. The molecule has 1 aliphatic carbocycles. The van der Waals surface area contributed by atoms with Gasteiger partial charge in [-0.15, -0.1) is 0 Å². The van der Waals surface area contributed by atoms with Gasteiger partial charge in [0.05, 0.1) is 5.52 Å². The second-order valence-corrected chi connectivity index (χ2v) is 7.63. The largest absolute Gasteiger partial charge is 0.369 e. The van der Waals surface area contributed by atoms with Crippen molar-refractivity contribution in [3.05, 3.63) is 24.3 Å². The molecule has 0 atom stereocenters. The summed E-state index contributed by atoms with van der Waals surface area (Å²) in [6, 6.07) is 9.13. The Labute approximate surface area is 156 Å². The smallest absolute Gasteiger partial charge is 0.227 e. The molecule has 0 unspecified atom stereocenters. The highest BCUT2D eigenvalue weighted by molar-refractivity contribution is 5.90. The zero-order chi connectivity index (χ0) is 17.8. The predicted octanol–water partition coefficient (Wildman–Crippen LogP) is 3.91. The zero-order valence-corrected chi connectivity index (χ0v) is 16.0. The van der Waals surface area contributed by atoms with Crippen molar-refractivity contribution in [3.8, 4) is 0 Å². The van der Waals surface area contributed by atoms with Gasteiger partial charge in [0, 0.05) is 44.2 Å². The molecule has 0 amide bonds. The van der Waals surface area contributed by atoms with E-state index in [0.717, 1.165) is 67.9 Å². The summed E-state index contributed by atoms with van der Waals surface area (Å²) in [6.45, 7) is 7.46. The molecule has 1 saturated heterocycles. The van der Waals surface area contributed by atoms with Crippen molar-refractivity contribution in [2.75, 3.05) is 42.9 Å². The average Bonchev–Trinajstić information content (AvgIpc) is 2.72. The van der Waals surface area contributed by atoms with Crippen LogP contribution in [0.3, 0.4) is 0 Å². The molecule has 2 aromatic rings. The van der Waals surface area contributed by atoms with Crippen LogP contribution < -0.4 is 10.2 Å². The molecule has 0 bridgehead atoms. The van der Waals surface area contributed by atoms with E-state index in [1.54, 1.807) is 0 Å². The van der Waals surface area contributed by atoms with Gasteiger partial charge in [-0.05, 0) is 31.4 Å². The van der Waals surface area contributed by atoms with Crippen molar-refractivity contribution >= 4 is 22.7 Å². The summed E-state index contributed by atoms with van der Waals surface area (Å²) in [5, 5.41) is 4.61. The standard InChI is InChI=1S/C21H31N5/c1-2-12-22-20-18-10-6-7-11-19(18)23-21(24-20)26-15-13-25(14-16-26)17-8-4-3-5-9-17/h6-7,10-11,17H,2-5,8-9,12-16H2,1H3,(H,22,23,24). The maximum Gasteiger partial charge on any atom is 0.227 e. The Kier molecular flexibility index (Phi) is 5.54. The summed E-state index contributed by atoms with van der Waals surface area (Å²) in [5.74, 6) is 1.85. The van der Waals surface area contributed by atoms with E-state index in [1.165, 1.54) is 32.1 Å². The predicted molar refractivity (Wildman–Crippen MR) is 109 cm³/mol. The number of fused-ring (bicyclic) bond motifs is 1. The first kappa shape index (κ1) is 17.5. The van der Waals surface area contributed by atoms with E-state index in [-0.39, 0.29) is 0 Å². The molecular weight excluding hydrogens is 322 g/mol. The molecule has 5 heteroatoms. The van der Waals surface area contributed by atoms with E-state index in [9.17, 15) is 0 Å². The molecule has 140 valence electrons. The first-order chi connectivity index (χ1) is 12.8. The second-order valence-electron chi connectivity index (χ2n) is 7.63. The van der Waals surface area contributed by atoms with Crippen molar-refractivity contribution in [2.24, 2.45) is 0 Å². The fraction of sp³-hybridized carbons (Fsp3) is 0.619. The summed E-state index contributed by atoms with van der Waals surface area (Å²) < 4.78 is 0. The van der Waals surface area contributed by atoms with E-state index < -0.39 is 0 Å². The first-order valence-electron chi connectivity index (χ1n) is 10.3. The first-order valence-corrected chi connectivity index (χ1v) is 10.3. The lowest BCUT2D eigenvalue weighted by Crippen LogP contribution is -2.51. The third-order valence-electron chi connectivity index (χ3n) is 5.82. The van der Waals surface area contributed by atoms with Gasteiger partial charge >= 0.3 is 0 Å². The molecule has 5 nitrogen and oxygen atoms in total. The average molecular weight is 354 g/mol. The van der Waals surface area contributed by atoms with E-state index in [1.807, 2.05) is 0 Å². The Morgan fingerprint density at radius 2 is 1.77 bits per heavy atom. The summed E-state index contributed by atoms with van der Waals surface area (Å²) >= 11 is 0. The van der Waals surface area contributed by atoms with Gasteiger partial charge < -0.3 is 10.2 Å². The van der Waals surface area contributed by atoms with Gasteiger partial charge in [-0.3, -0.25) is 4.90 Å². The van der Waals surface area contributed by atoms with E-state index in [4.69, 9.17) is 9.97 Å². The van der Waals surface area contributed by atoms with Gasteiger partial charge in [0.1, 0.15) is 5.82 Å². The molecule has 1 saturated carbocycles. The van der Waals surface area contributed by atoms with Crippen LogP contribution in [0.2, 0.25) is 0 Å². The van der Waals surface area contributed by atoms with Crippen molar-refractivity contribution in [2.45, 2.75) is 51.5 Å². The Hall–Kier alpha value is -1.88. The highest BCUT2D eigenvalue weighted by Gasteiger charge is 2.26. The number of aromatic nitrogens is 2. The number of nitrogens with zero attached hydrogens (tertiary/aromatic N) is 4. The maximum absolute atomic E-state index is 4.88. The Morgan fingerprint density at radius 1 is 1.00 bits per heavy atom. The number of anilines is 2. The van der Waals surface area contributed by atoms with Gasteiger partial charge in [-0.25, -0.2) is 4.98 Å². The van der Waals surface area contributed by atoms with Crippen LogP contribution >= 0.6 is 0 Å². The minimum atomic E-state index is 0.810. The minimum Gasteiger partial charge on any atom is -0.369 e. The summed E-state index contributed by atoms with van der Waals surface area (Å²) in [4.78, 5) is 14.8. The molecule has 2 fully saturated rings. The molecule has 2 aliphatic rings. The number of rotatable bonds is 5. The molecule has 4 rings (SSSR count). The lowest BCUT2D eigenvalue weighted by molar-refractivity contribution is 0.147. The molecule has 1 aliphatic heterocycles. The molecule has 0 radical (unpaired) electrons. The molecule has 1 aromatic carbocycles. The monoisotopic (exact) mass is 353 g/mol. The molecule has 1 N–H and O–H groups in total. The molecule has 0 spiro atoms. The van der Waals surface area contributed by atoms with E-state index >= 15 is 0 Å². The molecule has 26 heavy (non-hydrogen) atoms. The lowest BCUT2D eigenvalue weighted by atomic mass is 9.94. The van der Waals surface area contributed by atoms with Crippen molar-refractivity contribution in [1.82, 2.24) is 14.9 Å². The quantitative estimate of drug-likeness (QED) is 0.883. The Morgan fingerprint density at radius 3 is 2.54 bits per heavy atom. The number of hydrogen-bond donors (Lipinski definition) is 1. The zero-order valence-electron chi connectivity index (χ0n) is 16.0. The van der Waals surface area contributed by atoms with E-state index in [2.05, 4.69) is 46.3 Å². The van der Waals surface area contributed by atoms with Crippen molar-refractivity contribution < 1.29 is 0 Å². The molecule has 1 aromatic heterocycles. The Bertz CT molecular complexity index is 717. The van der Waals surface area contributed by atoms with Crippen LogP contribution in [0.4, 0.5) is 11.8 Å². The van der Waals surface area contributed by atoms with Crippen LogP contribution in [0.25, 0.3) is 10.9 Å². The number of para-hydroxylation sites is 1. The molecular formula is C21H31N5. The van der Waals surface area contributed by atoms with Crippen molar-refractivity contribution in [1.29, 1.82) is 0 Å². The summed E-state index contributed by atoms with van der Waals surface area (Å²) in [5.41, 5.74) is 1.03. The highest BCUT2D eigenvalue weighted by atomic mass is 15.3. The normalized spacial score (nSPS) is 19.8. The van der Waals surface area contributed by atoms with Gasteiger partial charge in [0.2, 0.25) is 5.95 Å². The van der Waals surface area contributed by atoms with Gasteiger partial charge in [-0.2, -0.15) is 4.98 Å². The van der Waals surface area contributed by atoms with Crippen LogP contribution in [-0.4, -0.2) is 53.6 Å². The van der Waals surface area contributed by atoms with Crippen molar-refractivity contribution in [3.63, 3.8) is 0 Å².